The zero-order valence-corrected chi connectivity index (χ0v) is 44.2. The molecule has 0 aliphatic rings. The summed E-state index contributed by atoms with van der Waals surface area (Å²) >= 11 is 0. The lowest BCUT2D eigenvalue weighted by Crippen LogP contribution is -2.37. The maximum absolute atomic E-state index is 12.8. The minimum atomic E-state index is -4.62. The molecule has 0 rings (SSSR count). The number of carbonyl (C=O) groups is 2. The highest BCUT2D eigenvalue weighted by molar-refractivity contribution is 7.45. The van der Waals surface area contributed by atoms with Crippen molar-refractivity contribution in [3.8, 4) is 0 Å². The number of phosphoric acid groups is 1. The largest absolute Gasteiger partial charge is 0.756 e. The van der Waals surface area contributed by atoms with Gasteiger partial charge in [0.25, 0.3) is 7.82 Å². The Hall–Kier alpha value is -0.990. The van der Waals surface area contributed by atoms with Gasteiger partial charge < -0.3 is 27.9 Å². The minimum Gasteiger partial charge on any atom is -0.756 e. The first-order chi connectivity index (χ1) is 31.0. The van der Waals surface area contributed by atoms with E-state index in [2.05, 4.69) is 13.8 Å². The number of quaternary nitrogens is 1. The van der Waals surface area contributed by atoms with Gasteiger partial charge in [-0.25, -0.2) is 0 Å². The van der Waals surface area contributed by atoms with Gasteiger partial charge in [0.1, 0.15) is 19.8 Å². The number of esters is 2. The van der Waals surface area contributed by atoms with E-state index in [1.165, 1.54) is 218 Å². The van der Waals surface area contributed by atoms with Gasteiger partial charge in [-0.3, -0.25) is 14.2 Å². The van der Waals surface area contributed by atoms with Crippen LogP contribution in [0.3, 0.4) is 0 Å². The normalized spacial score (nSPS) is 13.3. The molecular formula is C54H108NO8P. The number of ether oxygens (including phenoxy) is 2. The van der Waals surface area contributed by atoms with Crippen LogP contribution in [-0.2, 0) is 32.7 Å². The van der Waals surface area contributed by atoms with Crippen LogP contribution in [0.15, 0.2) is 0 Å². The first kappa shape index (κ1) is 63.0. The van der Waals surface area contributed by atoms with Gasteiger partial charge in [-0.1, -0.05) is 258 Å². The average molecular weight is 930 g/mol. The second-order valence-electron chi connectivity index (χ2n) is 20.3. The highest BCUT2D eigenvalue weighted by Gasteiger charge is 2.22. The van der Waals surface area contributed by atoms with Crippen LogP contribution in [-0.4, -0.2) is 70.0 Å². The third kappa shape index (κ3) is 50.4. The molecular weight excluding hydrogens is 822 g/mol. The highest BCUT2D eigenvalue weighted by atomic mass is 31.2. The van der Waals surface area contributed by atoms with Gasteiger partial charge in [0.2, 0.25) is 0 Å². The number of rotatable bonds is 52. The fourth-order valence-corrected chi connectivity index (χ4v) is 9.03. The number of carbonyl (C=O) groups excluding carboxylic acids is 2. The number of nitrogens with zero attached hydrogens (tertiary/aromatic N) is 1. The molecule has 0 heterocycles. The second kappa shape index (κ2) is 47.1. The van der Waals surface area contributed by atoms with E-state index in [0.29, 0.717) is 17.4 Å². The molecule has 0 aliphatic carbocycles. The summed E-state index contributed by atoms with van der Waals surface area (Å²) in [6.07, 6.45) is 51.4. The van der Waals surface area contributed by atoms with E-state index in [9.17, 15) is 19.0 Å². The van der Waals surface area contributed by atoms with E-state index in [4.69, 9.17) is 18.5 Å². The van der Waals surface area contributed by atoms with Crippen LogP contribution < -0.4 is 4.89 Å². The molecule has 0 N–H and O–H groups in total. The van der Waals surface area contributed by atoms with E-state index < -0.39 is 26.5 Å². The maximum Gasteiger partial charge on any atom is 0.306 e. The molecule has 0 spiro atoms. The van der Waals surface area contributed by atoms with Gasteiger partial charge in [-0.15, -0.1) is 0 Å². The Morgan fingerprint density at radius 3 is 1.00 bits per heavy atom. The van der Waals surface area contributed by atoms with Crippen LogP contribution in [0.5, 0.6) is 0 Å². The molecule has 0 radical (unpaired) electrons. The monoisotopic (exact) mass is 930 g/mol. The minimum absolute atomic E-state index is 0.0252. The third-order valence-corrected chi connectivity index (χ3v) is 13.6. The van der Waals surface area contributed by atoms with E-state index >= 15 is 0 Å². The quantitative estimate of drug-likeness (QED) is 0.0257. The summed E-state index contributed by atoms with van der Waals surface area (Å²) in [5.74, 6) is -0.810. The molecule has 0 saturated carbocycles. The first-order valence-corrected chi connectivity index (χ1v) is 29.2. The molecule has 0 aliphatic heterocycles. The lowest BCUT2D eigenvalue weighted by molar-refractivity contribution is -0.870. The Kier molecular flexibility index (Phi) is 46.4. The SMILES string of the molecule is CCCCCCCCCCCCCCCCCCCCCCC(=O)OC[C@H](COP(=O)([O-])OCC[N+](C)(C)C)OC(=O)CCCCCCCCCCCCCCCCCCCCCC. The first-order valence-electron chi connectivity index (χ1n) is 27.7. The Morgan fingerprint density at radius 1 is 0.422 bits per heavy atom. The van der Waals surface area contributed by atoms with E-state index in [1.807, 2.05) is 21.1 Å². The molecule has 64 heavy (non-hydrogen) atoms. The third-order valence-electron chi connectivity index (χ3n) is 12.6. The number of hydrogen-bond donors (Lipinski definition) is 0. The Bertz CT molecular complexity index is 1050. The van der Waals surface area contributed by atoms with Crippen molar-refractivity contribution in [1.82, 2.24) is 0 Å². The number of likely N-dealkylation sites (N-methyl/N-ethyl adjacent to an activating group) is 1. The molecule has 0 saturated heterocycles. The predicted molar refractivity (Wildman–Crippen MR) is 269 cm³/mol. The lowest BCUT2D eigenvalue weighted by Gasteiger charge is -2.28. The van der Waals surface area contributed by atoms with Crippen LogP contribution >= 0.6 is 7.82 Å². The molecule has 0 aromatic rings. The zero-order chi connectivity index (χ0) is 47.1. The summed E-state index contributed by atoms with van der Waals surface area (Å²) in [4.78, 5) is 37.8. The van der Waals surface area contributed by atoms with E-state index in [1.54, 1.807) is 0 Å². The summed E-state index contributed by atoms with van der Waals surface area (Å²) in [7, 11) is 1.19. The Balaban J connectivity index is 4.14. The van der Waals surface area contributed by atoms with Crippen molar-refractivity contribution >= 4 is 19.8 Å². The molecule has 1 unspecified atom stereocenters. The molecule has 0 fully saturated rings. The van der Waals surface area contributed by atoms with Gasteiger partial charge in [0.15, 0.2) is 6.10 Å². The van der Waals surface area contributed by atoms with Gasteiger partial charge >= 0.3 is 11.9 Å². The predicted octanol–water partition coefficient (Wildman–Crippen LogP) is 16.1. The topological polar surface area (TPSA) is 111 Å². The van der Waals surface area contributed by atoms with Crippen LogP contribution in [0.2, 0.25) is 0 Å². The Labute approximate surface area is 397 Å². The summed E-state index contributed by atoms with van der Waals surface area (Å²) in [6, 6.07) is 0. The number of hydrogen-bond acceptors (Lipinski definition) is 8. The smallest absolute Gasteiger partial charge is 0.306 e. The van der Waals surface area contributed by atoms with E-state index in [0.717, 1.165) is 32.1 Å². The van der Waals surface area contributed by atoms with Gasteiger partial charge in [0, 0.05) is 12.8 Å². The fourth-order valence-electron chi connectivity index (χ4n) is 8.31. The zero-order valence-electron chi connectivity index (χ0n) is 43.3. The van der Waals surface area contributed by atoms with E-state index in [-0.39, 0.29) is 32.0 Å². The summed E-state index contributed by atoms with van der Waals surface area (Å²) < 4.78 is 34.1. The highest BCUT2D eigenvalue weighted by Crippen LogP contribution is 2.38. The summed E-state index contributed by atoms with van der Waals surface area (Å²) in [6.45, 7) is 4.31. The van der Waals surface area contributed by atoms with Crippen molar-refractivity contribution in [1.29, 1.82) is 0 Å². The molecule has 0 aromatic heterocycles. The van der Waals surface area contributed by atoms with Gasteiger partial charge in [-0.2, -0.15) is 0 Å². The van der Waals surface area contributed by atoms with Crippen molar-refractivity contribution < 1.29 is 42.1 Å². The fraction of sp³-hybridized carbons (Fsp3) is 0.963. The van der Waals surface area contributed by atoms with Crippen molar-refractivity contribution in [2.45, 2.75) is 290 Å². The van der Waals surface area contributed by atoms with Crippen molar-refractivity contribution in [3.05, 3.63) is 0 Å². The Morgan fingerprint density at radius 2 is 0.703 bits per heavy atom. The number of unbranched alkanes of at least 4 members (excludes halogenated alkanes) is 38. The van der Waals surface area contributed by atoms with Crippen molar-refractivity contribution in [2.24, 2.45) is 0 Å². The van der Waals surface area contributed by atoms with Gasteiger partial charge in [-0.05, 0) is 12.8 Å². The molecule has 382 valence electrons. The molecule has 10 heteroatoms. The van der Waals surface area contributed by atoms with Crippen LogP contribution in [0.25, 0.3) is 0 Å². The van der Waals surface area contributed by atoms with Crippen LogP contribution in [0.4, 0.5) is 0 Å². The molecule has 0 amide bonds. The summed E-state index contributed by atoms with van der Waals surface area (Å²) in [5, 5.41) is 0. The average Bonchev–Trinajstić information content (AvgIpc) is 3.25. The van der Waals surface area contributed by atoms with Crippen molar-refractivity contribution in [2.75, 3.05) is 47.5 Å². The molecule has 0 aromatic carbocycles. The second-order valence-corrected chi connectivity index (χ2v) is 21.7. The number of phosphoric ester groups is 1. The maximum atomic E-state index is 12.8. The van der Waals surface area contributed by atoms with Gasteiger partial charge in [0.05, 0.1) is 27.7 Å². The van der Waals surface area contributed by atoms with Crippen LogP contribution in [0.1, 0.15) is 284 Å². The molecule has 9 nitrogen and oxygen atoms in total. The molecule has 2 atom stereocenters. The lowest BCUT2D eigenvalue weighted by atomic mass is 10.0. The summed E-state index contributed by atoms with van der Waals surface area (Å²) in [5.41, 5.74) is 0. The molecule has 0 bridgehead atoms. The van der Waals surface area contributed by atoms with Crippen LogP contribution in [0, 0.1) is 0 Å². The standard InChI is InChI=1S/C54H108NO8P/c1-6-8-10-12-14-16-18-20-22-24-26-28-30-32-34-36-38-40-42-44-46-53(56)60-50-52(51-62-64(58,59)61-49-48-55(3,4)5)63-54(57)47-45-43-41-39-37-35-33-31-29-27-25-23-21-19-17-15-13-11-9-7-2/h52H,6-51H2,1-5H3/t52-/m1/s1. The van der Waals surface area contributed by atoms with Crippen molar-refractivity contribution in [3.63, 3.8) is 0 Å².